The molecule has 4 nitrogen and oxygen atoms in total. The van der Waals surface area contributed by atoms with E-state index in [0.717, 1.165) is 26.6 Å². The number of halogens is 2. The summed E-state index contributed by atoms with van der Waals surface area (Å²) in [6.45, 7) is 4.30. The number of nitrogens with one attached hydrogen (secondary N) is 2. The molecule has 0 aliphatic heterocycles. The van der Waals surface area contributed by atoms with E-state index in [1.54, 1.807) is 13.2 Å². The first kappa shape index (κ1) is 22.6. The van der Waals surface area contributed by atoms with E-state index < -0.39 is 0 Å². The van der Waals surface area contributed by atoms with Gasteiger partial charge in [-0.25, -0.2) is 0 Å². The number of thiocarbonyl (C=S) groups is 1. The van der Waals surface area contributed by atoms with Gasteiger partial charge in [-0.2, -0.15) is 0 Å². The highest BCUT2D eigenvalue weighted by Gasteiger charge is 2.11. The van der Waals surface area contributed by atoms with Gasteiger partial charge in [0.05, 0.1) is 11.6 Å². The summed E-state index contributed by atoms with van der Waals surface area (Å²) in [5.41, 5.74) is 2.84. The maximum absolute atomic E-state index is 12.3. The summed E-state index contributed by atoms with van der Waals surface area (Å²) in [6.07, 6.45) is 4.12. The molecule has 148 valence electrons. The number of carbonyl (C=O) groups excluding carboxylic acids is 1. The second-order valence-electron chi connectivity index (χ2n) is 6.18. The van der Waals surface area contributed by atoms with Crippen LogP contribution in [0.2, 0.25) is 0 Å². The fourth-order valence-electron chi connectivity index (χ4n) is 2.65. The summed E-state index contributed by atoms with van der Waals surface area (Å²) in [5.74, 6) is 0.719. The number of methoxy groups -OCH3 is 1. The van der Waals surface area contributed by atoms with Crippen LogP contribution < -0.4 is 15.4 Å². The standard InChI is InChI=1S/C21H22Br2N2O2S/c1-4-13(2)16-7-5-6-8-18(16)24-21(28)25-19(26)10-9-14-11-15(22)12-17(23)20(14)27-3/h5-13H,4H2,1-3H3,(H2,24,25,26,28). The molecule has 0 aliphatic rings. The number of anilines is 1. The number of benzene rings is 2. The lowest BCUT2D eigenvalue weighted by Gasteiger charge is -2.16. The number of para-hydroxylation sites is 1. The molecule has 2 rings (SSSR count). The summed E-state index contributed by atoms with van der Waals surface area (Å²) < 4.78 is 7.05. The Bertz CT molecular complexity index is 900. The predicted molar refractivity (Wildman–Crippen MR) is 127 cm³/mol. The first-order valence-electron chi connectivity index (χ1n) is 8.77. The van der Waals surface area contributed by atoms with Gasteiger partial charge < -0.3 is 10.1 Å². The Labute approximate surface area is 188 Å². The van der Waals surface area contributed by atoms with Crippen LogP contribution in [0.15, 0.2) is 51.4 Å². The zero-order chi connectivity index (χ0) is 20.7. The van der Waals surface area contributed by atoms with Gasteiger partial charge in [-0.1, -0.05) is 48.0 Å². The minimum Gasteiger partial charge on any atom is -0.495 e. The molecule has 0 aromatic heterocycles. The van der Waals surface area contributed by atoms with Crippen molar-refractivity contribution in [3.63, 3.8) is 0 Å². The van der Waals surface area contributed by atoms with Gasteiger partial charge >= 0.3 is 0 Å². The Morgan fingerprint density at radius 2 is 2.00 bits per heavy atom. The van der Waals surface area contributed by atoms with Crippen molar-refractivity contribution >= 4 is 66.9 Å². The maximum atomic E-state index is 12.3. The molecule has 2 N–H and O–H groups in total. The van der Waals surface area contributed by atoms with Gasteiger partial charge in [-0.3, -0.25) is 10.1 Å². The summed E-state index contributed by atoms with van der Waals surface area (Å²) in [5, 5.41) is 6.06. The van der Waals surface area contributed by atoms with Crippen molar-refractivity contribution in [1.29, 1.82) is 0 Å². The smallest absolute Gasteiger partial charge is 0.250 e. The first-order valence-corrected chi connectivity index (χ1v) is 10.8. The number of ether oxygens (including phenoxy) is 1. The fourth-order valence-corrected chi connectivity index (χ4v) is 4.28. The lowest BCUT2D eigenvalue weighted by atomic mass is 9.97. The fraction of sp³-hybridized carbons (Fsp3) is 0.238. The van der Waals surface area contributed by atoms with Gasteiger partial charge in [0.1, 0.15) is 5.75 Å². The third-order valence-corrected chi connectivity index (χ3v) is 5.50. The van der Waals surface area contributed by atoms with Gasteiger partial charge in [-0.15, -0.1) is 0 Å². The lowest BCUT2D eigenvalue weighted by molar-refractivity contribution is -0.115. The minimum atomic E-state index is -0.323. The Hall–Kier alpha value is -1.70. The van der Waals surface area contributed by atoms with Crippen LogP contribution in [-0.2, 0) is 4.79 Å². The van der Waals surface area contributed by atoms with Gasteiger partial charge in [0.15, 0.2) is 5.11 Å². The first-order chi connectivity index (χ1) is 13.3. The molecule has 2 aromatic rings. The van der Waals surface area contributed by atoms with Gasteiger partial charge in [0.2, 0.25) is 5.91 Å². The molecule has 0 saturated carbocycles. The van der Waals surface area contributed by atoms with Crippen LogP contribution in [-0.4, -0.2) is 18.1 Å². The zero-order valence-corrected chi connectivity index (χ0v) is 19.9. The van der Waals surface area contributed by atoms with Crippen molar-refractivity contribution in [2.24, 2.45) is 0 Å². The van der Waals surface area contributed by atoms with Gasteiger partial charge in [0, 0.05) is 21.8 Å². The van der Waals surface area contributed by atoms with Crippen LogP contribution in [0.5, 0.6) is 5.75 Å². The molecule has 2 aromatic carbocycles. The van der Waals surface area contributed by atoms with Crippen LogP contribution >= 0.6 is 44.1 Å². The lowest BCUT2D eigenvalue weighted by Crippen LogP contribution is -2.33. The van der Waals surface area contributed by atoms with Crippen molar-refractivity contribution in [2.75, 3.05) is 12.4 Å². The highest BCUT2D eigenvalue weighted by atomic mass is 79.9. The van der Waals surface area contributed by atoms with Crippen LogP contribution in [0.4, 0.5) is 5.69 Å². The molecule has 0 aliphatic carbocycles. The van der Waals surface area contributed by atoms with E-state index in [-0.39, 0.29) is 11.0 Å². The summed E-state index contributed by atoms with van der Waals surface area (Å²) in [7, 11) is 1.58. The molecule has 0 heterocycles. The van der Waals surface area contributed by atoms with E-state index in [4.69, 9.17) is 17.0 Å². The number of hydrogen-bond donors (Lipinski definition) is 2. The third kappa shape index (κ3) is 6.15. The maximum Gasteiger partial charge on any atom is 0.250 e. The van der Waals surface area contributed by atoms with Crippen LogP contribution in [0.25, 0.3) is 6.08 Å². The Morgan fingerprint density at radius 1 is 1.29 bits per heavy atom. The topological polar surface area (TPSA) is 50.4 Å². The van der Waals surface area contributed by atoms with Crippen LogP contribution in [0.1, 0.15) is 37.3 Å². The molecule has 1 amide bonds. The van der Waals surface area contributed by atoms with Crippen LogP contribution in [0.3, 0.4) is 0 Å². The minimum absolute atomic E-state index is 0.257. The normalized spacial score (nSPS) is 11.9. The van der Waals surface area contributed by atoms with Gasteiger partial charge in [0.25, 0.3) is 0 Å². The Morgan fingerprint density at radius 3 is 2.68 bits per heavy atom. The molecular formula is C21H22Br2N2O2S. The van der Waals surface area contributed by atoms with E-state index in [9.17, 15) is 4.79 Å². The molecule has 0 spiro atoms. The summed E-state index contributed by atoms with van der Waals surface area (Å²) in [4.78, 5) is 12.3. The zero-order valence-electron chi connectivity index (χ0n) is 15.9. The molecule has 28 heavy (non-hydrogen) atoms. The second kappa shape index (κ2) is 10.7. The molecule has 0 bridgehead atoms. The Kier molecular flexibility index (Phi) is 8.66. The second-order valence-corrected chi connectivity index (χ2v) is 8.36. The third-order valence-electron chi connectivity index (χ3n) is 4.24. The molecule has 0 fully saturated rings. The van der Waals surface area contributed by atoms with Crippen molar-refractivity contribution in [2.45, 2.75) is 26.2 Å². The highest BCUT2D eigenvalue weighted by Crippen LogP contribution is 2.33. The molecule has 1 unspecified atom stereocenters. The molecule has 1 atom stereocenters. The van der Waals surface area contributed by atoms with Crippen molar-refractivity contribution < 1.29 is 9.53 Å². The van der Waals surface area contributed by atoms with E-state index >= 15 is 0 Å². The summed E-state index contributed by atoms with van der Waals surface area (Å²) >= 11 is 12.2. The van der Waals surface area contributed by atoms with Crippen molar-refractivity contribution in [1.82, 2.24) is 5.32 Å². The number of amides is 1. The van der Waals surface area contributed by atoms with E-state index in [2.05, 4.69) is 62.4 Å². The average molecular weight is 526 g/mol. The molecule has 7 heteroatoms. The average Bonchev–Trinajstić information content (AvgIpc) is 2.65. The number of carbonyl (C=O) groups is 1. The molecule has 0 saturated heterocycles. The molecular weight excluding hydrogens is 504 g/mol. The van der Waals surface area contributed by atoms with Crippen molar-refractivity contribution in [3.8, 4) is 5.75 Å². The van der Waals surface area contributed by atoms with Crippen molar-refractivity contribution in [3.05, 3.63) is 62.5 Å². The largest absolute Gasteiger partial charge is 0.495 e. The number of rotatable bonds is 6. The van der Waals surface area contributed by atoms with E-state index in [0.29, 0.717) is 11.7 Å². The molecule has 0 radical (unpaired) electrons. The van der Waals surface area contributed by atoms with Gasteiger partial charge in [-0.05, 0) is 70.3 Å². The predicted octanol–water partition coefficient (Wildman–Crippen LogP) is 6.26. The quantitative estimate of drug-likeness (QED) is 0.345. The highest BCUT2D eigenvalue weighted by molar-refractivity contribution is 9.11. The van der Waals surface area contributed by atoms with E-state index in [1.165, 1.54) is 11.6 Å². The Balaban J connectivity index is 2.07. The monoisotopic (exact) mass is 524 g/mol. The SMILES string of the molecule is CCC(C)c1ccccc1NC(=S)NC(=O)C=Cc1cc(Br)cc(Br)c1OC. The summed E-state index contributed by atoms with van der Waals surface area (Å²) in [6, 6.07) is 11.7. The van der Waals surface area contributed by atoms with E-state index in [1.807, 2.05) is 30.3 Å². The number of hydrogen-bond acceptors (Lipinski definition) is 3. The van der Waals surface area contributed by atoms with Crippen LogP contribution in [0, 0.1) is 0 Å².